The zero-order chi connectivity index (χ0) is 7.61. The van der Waals surface area contributed by atoms with E-state index in [9.17, 15) is 0 Å². The van der Waals surface area contributed by atoms with Crippen molar-refractivity contribution in [3.8, 4) is 0 Å². The molecule has 1 aliphatic rings. The second-order valence-electron chi connectivity index (χ2n) is 2.71. The Morgan fingerprint density at radius 3 is 1.90 bits per heavy atom. The number of nitrogens with one attached hydrogen (secondary N) is 1. The fraction of sp³-hybridized carbons (Fsp3) is 1.00. The Balaban J connectivity index is 2.39. The predicted molar refractivity (Wildman–Crippen MR) is 38.3 cm³/mol. The Labute approximate surface area is 60.9 Å². The predicted octanol–water partition coefficient (Wildman–Crippen LogP) is -1.34. The molecule has 0 radical (unpaired) electrons. The van der Waals surface area contributed by atoms with Gasteiger partial charge in [0, 0.05) is 5.54 Å². The van der Waals surface area contributed by atoms with Gasteiger partial charge in [-0.2, -0.15) is 0 Å². The Kier molecular flexibility index (Phi) is 2.43. The molecule has 4 nitrogen and oxygen atoms in total. The summed E-state index contributed by atoms with van der Waals surface area (Å²) in [5.41, 5.74) is -0.256. The summed E-state index contributed by atoms with van der Waals surface area (Å²) >= 11 is 0. The maximum Gasteiger partial charge on any atom is 0.496 e. The molecule has 1 heterocycles. The first-order chi connectivity index (χ1) is 4.61. The van der Waals surface area contributed by atoms with Crippen LogP contribution in [0.1, 0.15) is 12.8 Å². The molecule has 4 N–H and O–H groups in total. The lowest BCUT2D eigenvalue weighted by molar-refractivity contribution is 0.198. The third-order valence-electron chi connectivity index (χ3n) is 1.89. The number of rotatable bonds is 1. The average molecular weight is 163 g/mol. The second-order valence-corrected chi connectivity index (χ2v) is 4.90. The van der Waals surface area contributed by atoms with Crippen LogP contribution in [-0.2, 0) is 0 Å². The van der Waals surface area contributed by atoms with Gasteiger partial charge in [-0.15, -0.1) is 0 Å². The minimum atomic E-state index is -3.80. The smallest absolute Gasteiger partial charge is 0.390 e. The van der Waals surface area contributed by atoms with Crippen LogP contribution in [0.15, 0.2) is 0 Å². The van der Waals surface area contributed by atoms with Crippen molar-refractivity contribution >= 4 is 8.80 Å². The summed E-state index contributed by atoms with van der Waals surface area (Å²) in [5, 5.41) is 3.08. The van der Waals surface area contributed by atoms with E-state index in [4.69, 9.17) is 14.4 Å². The first-order valence-corrected chi connectivity index (χ1v) is 5.40. The van der Waals surface area contributed by atoms with Crippen molar-refractivity contribution in [1.29, 1.82) is 0 Å². The van der Waals surface area contributed by atoms with Gasteiger partial charge < -0.3 is 19.7 Å². The van der Waals surface area contributed by atoms with Crippen LogP contribution in [-0.4, -0.2) is 36.3 Å². The maximum atomic E-state index is 8.86. The van der Waals surface area contributed by atoms with E-state index in [0.29, 0.717) is 12.8 Å². The van der Waals surface area contributed by atoms with Gasteiger partial charge in [-0.05, 0) is 25.9 Å². The van der Waals surface area contributed by atoms with Gasteiger partial charge in [0.15, 0.2) is 0 Å². The average Bonchev–Trinajstić information content (AvgIpc) is 1.88. The van der Waals surface area contributed by atoms with Crippen LogP contribution in [0.3, 0.4) is 0 Å². The Hall–Kier alpha value is 0.0569. The van der Waals surface area contributed by atoms with Crippen molar-refractivity contribution in [1.82, 2.24) is 5.32 Å². The molecular weight excluding hydrogens is 150 g/mol. The highest BCUT2D eigenvalue weighted by Crippen LogP contribution is 2.24. The van der Waals surface area contributed by atoms with E-state index < -0.39 is 8.80 Å². The van der Waals surface area contributed by atoms with Crippen LogP contribution in [0.2, 0.25) is 5.54 Å². The molecule has 0 aromatic heterocycles. The Morgan fingerprint density at radius 1 is 1.10 bits per heavy atom. The zero-order valence-electron chi connectivity index (χ0n) is 5.75. The molecule has 0 aliphatic carbocycles. The van der Waals surface area contributed by atoms with Gasteiger partial charge in [-0.25, -0.2) is 0 Å². The van der Waals surface area contributed by atoms with Gasteiger partial charge in [-0.3, -0.25) is 0 Å². The minimum absolute atomic E-state index is 0.256. The van der Waals surface area contributed by atoms with Crippen molar-refractivity contribution < 1.29 is 14.4 Å². The van der Waals surface area contributed by atoms with Gasteiger partial charge in [-0.1, -0.05) is 0 Å². The first kappa shape index (κ1) is 8.16. The lowest BCUT2D eigenvalue weighted by Gasteiger charge is -2.26. The monoisotopic (exact) mass is 163 g/mol. The molecular formula is C5H13NO3Si. The summed E-state index contributed by atoms with van der Waals surface area (Å²) in [6, 6.07) is 0. The van der Waals surface area contributed by atoms with Crippen LogP contribution < -0.4 is 5.32 Å². The fourth-order valence-electron chi connectivity index (χ4n) is 1.21. The van der Waals surface area contributed by atoms with Crippen LogP contribution in [0.4, 0.5) is 0 Å². The van der Waals surface area contributed by atoms with Gasteiger partial charge in [0.2, 0.25) is 0 Å². The summed E-state index contributed by atoms with van der Waals surface area (Å²) in [4.78, 5) is 26.6. The van der Waals surface area contributed by atoms with Crippen molar-refractivity contribution in [2.75, 3.05) is 13.1 Å². The molecule has 0 spiro atoms. The molecule has 1 fully saturated rings. The maximum absolute atomic E-state index is 8.86. The van der Waals surface area contributed by atoms with Gasteiger partial charge in [0.05, 0.1) is 0 Å². The van der Waals surface area contributed by atoms with E-state index in [2.05, 4.69) is 5.32 Å². The number of hydrogen-bond acceptors (Lipinski definition) is 4. The van der Waals surface area contributed by atoms with E-state index in [0.717, 1.165) is 13.1 Å². The molecule has 0 unspecified atom stereocenters. The van der Waals surface area contributed by atoms with Crippen molar-refractivity contribution in [2.45, 2.75) is 18.4 Å². The van der Waals surface area contributed by atoms with Crippen molar-refractivity contribution in [3.05, 3.63) is 0 Å². The molecule has 1 aliphatic heterocycles. The Bertz CT molecular complexity index is 108. The molecule has 60 valence electrons. The molecule has 10 heavy (non-hydrogen) atoms. The Morgan fingerprint density at radius 2 is 1.60 bits per heavy atom. The molecule has 0 aromatic carbocycles. The summed E-state index contributed by atoms with van der Waals surface area (Å²) in [5.74, 6) is 0. The van der Waals surface area contributed by atoms with Crippen molar-refractivity contribution in [2.24, 2.45) is 0 Å². The lowest BCUT2D eigenvalue weighted by atomic mass is 10.2. The molecule has 0 bridgehead atoms. The van der Waals surface area contributed by atoms with Crippen LogP contribution in [0, 0.1) is 0 Å². The van der Waals surface area contributed by atoms with E-state index in [1.54, 1.807) is 0 Å². The first-order valence-electron chi connectivity index (χ1n) is 3.48. The van der Waals surface area contributed by atoms with Gasteiger partial charge in [0.25, 0.3) is 0 Å². The van der Waals surface area contributed by atoms with E-state index >= 15 is 0 Å². The highest BCUT2D eigenvalue weighted by molar-refractivity contribution is 6.58. The van der Waals surface area contributed by atoms with Crippen LogP contribution in [0.25, 0.3) is 0 Å². The van der Waals surface area contributed by atoms with Gasteiger partial charge in [0.1, 0.15) is 0 Å². The molecule has 0 atom stereocenters. The highest BCUT2D eigenvalue weighted by Gasteiger charge is 2.39. The normalized spacial score (nSPS) is 23.1. The molecule has 1 rings (SSSR count). The lowest BCUT2D eigenvalue weighted by Crippen LogP contribution is -2.45. The van der Waals surface area contributed by atoms with E-state index in [1.165, 1.54) is 0 Å². The molecule has 5 heteroatoms. The molecule has 0 aromatic rings. The van der Waals surface area contributed by atoms with Crippen LogP contribution in [0.5, 0.6) is 0 Å². The topological polar surface area (TPSA) is 72.7 Å². The summed E-state index contributed by atoms with van der Waals surface area (Å²) in [6.07, 6.45) is 1.35. The zero-order valence-corrected chi connectivity index (χ0v) is 6.75. The van der Waals surface area contributed by atoms with E-state index in [1.807, 2.05) is 0 Å². The number of piperidine rings is 1. The van der Waals surface area contributed by atoms with E-state index in [-0.39, 0.29) is 5.54 Å². The molecule has 1 saturated heterocycles. The second kappa shape index (κ2) is 2.98. The number of hydrogen-bond donors (Lipinski definition) is 4. The summed E-state index contributed by atoms with van der Waals surface area (Å²) < 4.78 is 0. The SMILES string of the molecule is O[Si](O)(O)C1CCNCC1. The summed E-state index contributed by atoms with van der Waals surface area (Å²) in [6.45, 7) is 1.56. The van der Waals surface area contributed by atoms with Crippen LogP contribution >= 0.6 is 0 Å². The standard InChI is InChI=1S/C5H13NO3Si/c7-10(8,9)5-1-3-6-4-2-5/h5-9H,1-4H2. The van der Waals surface area contributed by atoms with Gasteiger partial charge >= 0.3 is 8.80 Å². The molecule has 0 amide bonds. The molecule has 0 saturated carbocycles. The quantitative estimate of drug-likeness (QED) is 0.361. The third-order valence-corrected chi connectivity index (χ3v) is 3.56. The minimum Gasteiger partial charge on any atom is -0.390 e. The largest absolute Gasteiger partial charge is 0.496 e. The summed E-state index contributed by atoms with van der Waals surface area (Å²) in [7, 11) is -3.80. The highest BCUT2D eigenvalue weighted by atomic mass is 28.4. The fourth-order valence-corrected chi connectivity index (χ4v) is 2.27. The van der Waals surface area contributed by atoms with Crippen molar-refractivity contribution in [3.63, 3.8) is 0 Å². The third kappa shape index (κ3) is 2.03.